The number of rotatable bonds is 2. The summed E-state index contributed by atoms with van der Waals surface area (Å²) in [5, 5.41) is 1.18. The van der Waals surface area contributed by atoms with Crippen LogP contribution in [0.25, 0.3) is 10.2 Å². The van der Waals surface area contributed by atoms with Crippen LogP contribution in [0.3, 0.4) is 0 Å². The molecule has 2 heteroatoms. The van der Waals surface area contributed by atoms with E-state index in [0.717, 1.165) is 11.9 Å². The van der Waals surface area contributed by atoms with E-state index in [-0.39, 0.29) is 5.41 Å². The Morgan fingerprint density at radius 3 is 2.68 bits per heavy atom. The molecule has 0 radical (unpaired) electrons. The molecule has 0 aliphatic heterocycles. The molecular formula is C20H17NS. The number of aryl methyl sites for hydroxylation is 1. The first-order valence-electron chi connectivity index (χ1n) is 7.55. The number of nitrogens with zero attached hydrogens (tertiary/aromatic N) is 1. The third kappa shape index (κ3) is 2.11. The van der Waals surface area contributed by atoms with E-state index in [1.165, 1.54) is 20.8 Å². The number of allylic oxidation sites excluding steroid dienone is 4. The van der Waals surface area contributed by atoms with E-state index in [9.17, 15) is 0 Å². The van der Waals surface area contributed by atoms with Crippen molar-refractivity contribution in [3.05, 3.63) is 89.0 Å². The molecule has 0 N–H and O–H groups in total. The summed E-state index contributed by atoms with van der Waals surface area (Å²) in [7, 11) is 0. The number of aromatic nitrogens is 1. The standard InChI is InChI=1S/C20H17NS/c1-15-10-11-17-18(14-15)22-19(21-17)20(12-6-3-7-13-20)16-8-4-2-5-9-16/h2-12,14H,13H2,1H3. The predicted octanol–water partition coefficient (Wildman–Crippen LogP) is 5.41. The molecule has 108 valence electrons. The Bertz CT molecular complexity index is 873. The predicted molar refractivity (Wildman–Crippen MR) is 94.5 cm³/mol. The number of fused-ring (bicyclic) bond motifs is 1. The number of benzene rings is 2. The van der Waals surface area contributed by atoms with Gasteiger partial charge in [-0.25, -0.2) is 4.98 Å². The Balaban J connectivity index is 1.94. The number of hydrogen-bond acceptors (Lipinski definition) is 2. The molecule has 0 saturated heterocycles. The van der Waals surface area contributed by atoms with Gasteiger partial charge in [-0.05, 0) is 36.6 Å². The Labute approximate surface area is 134 Å². The van der Waals surface area contributed by atoms with Crippen molar-refractivity contribution in [1.82, 2.24) is 4.98 Å². The smallest absolute Gasteiger partial charge is 0.109 e. The zero-order valence-corrected chi connectivity index (χ0v) is 13.3. The van der Waals surface area contributed by atoms with Gasteiger partial charge in [0.15, 0.2) is 0 Å². The van der Waals surface area contributed by atoms with E-state index >= 15 is 0 Å². The minimum atomic E-state index is -0.131. The number of hydrogen-bond donors (Lipinski definition) is 0. The van der Waals surface area contributed by atoms with Crippen LogP contribution in [0.4, 0.5) is 0 Å². The molecular weight excluding hydrogens is 286 g/mol. The van der Waals surface area contributed by atoms with Gasteiger partial charge in [0.1, 0.15) is 5.01 Å². The van der Waals surface area contributed by atoms with Crippen molar-refractivity contribution < 1.29 is 0 Å². The van der Waals surface area contributed by atoms with Gasteiger partial charge < -0.3 is 0 Å². The van der Waals surface area contributed by atoms with Gasteiger partial charge in [-0.15, -0.1) is 11.3 Å². The van der Waals surface area contributed by atoms with Crippen molar-refractivity contribution in [1.29, 1.82) is 0 Å². The molecule has 1 aromatic heterocycles. The van der Waals surface area contributed by atoms with Crippen molar-refractivity contribution in [3.8, 4) is 0 Å². The molecule has 3 aromatic rings. The quantitative estimate of drug-likeness (QED) is 0.617. The third-order valence-corrected chi connectivity index (χ3v) is 5.48. The second-order valence-corrected chi connectivity index (χ2v) is 6.85. The van der Waals surface area contributed by atoms with Gasteiger partial charge in [-0.2, -0.15) is 0 Å². The average Bonchev–Trinajstić information content (AvgIpc) is 3.00. The molecule has 1 aliphatic rings. The Kier molecular flexibility index (Phi) is 3.20. The van der Waals surface area contributed by atoms with Crippen LogP contribution < -0.4 is 0 Å². The Morgan fingerprint density at radius 2 is 1.91 bits per heavy atom. The third-order valence-electron chi connectivity index (χ3n) is 4.28. The Hall–Kier alpha value is -2.19. The summed E-state index contributed by atoms with van der Waals surface area (Å²) < 4.78 is 1.27. The molecule has 1 aliphatic carbocycles. The molecule has 0 spiro atoms. The zero-order chi connectivity index (χ0) is 15.0. The highest BCUT2D eigenvalue weighted by Gasteiger charge is 2.34. The second-order valence-electron chi connectivity index (χ2n) is 5.82. The monoisotopic (exact) mass is 303 g/mol. The Morgan fingerprint density at radius 1 is 1.05 bits per heavy atom. The van der Waals surface area contributed by atoms with Crippen LogP contribution in [-0.2, 0) is 5.41 Å². The molecule has 2 aromatic carbocycles. The van der Waals surface area contributed by atoms with Gasteiger partial charge in [0.05, 0.1) is 15.6 Å². The molecule has 0 fully saturated rings. The zero-order valence-electron chi connectivity index (χ0n) is 12.5. The lowest BCUT2D eigenvalue weighted by molar-refractivity contribution is 0.644. The van der Waals surface area contributed by atoms with E-state index in [4.69, 9.17) is 4.98 Å². The molecule has 22 heavy (non-hydrogen) atoms. The van der Waals surface area contributed by atoms with Crippen molar-refractivity contribution >= 4 is 21.6 Å². The SMILES string of the molecule is Cc1ccc2nc(C3(c4ccccc4)C=CC=CC3)sc2c1. The van der Waals surface area contributed by atoms with Crippen molar-refractivity contribution in [2.45, 2.75) is 18.8 Å². The van der Waals surface area contributed by atoms with Gasteiger partial charge in [-0.3, -0.25) is 0 Å². The van der Waals surface area contributed by atoms with Gasteiger partial charge in [0, 0.05) is 0 Å². The molecule has 1 atom stereocenters. The highest BCUT2D eigenvalue weighted by atomic mass is 32.1. The summed E-state index contributed by atoms with van der Waals surface area (Å²) in [6.07, 6.45) is 9.77. The summed E-state index contributed by atoms with van der Waals surface area (Å²) >= 11 is 1.82. The van der Waals surface area contributed by atoms with Crippen molar-refractivity contribution in [2.24, 2.45) is 0 Å². The second kappa shape index (κ2) is 5.22. The summed E-state index contributed by atoms with van der Waals surface area (Å²) in [4.78, 5) is 4.96. The first-order chi connectivity index (χ1) is 10.8. The summed E-state index contributed by atoms with van der Waals surface area (Å²) in [6, 6.07) is 17.2. The largest absolute Gasteiger partial charge is 0.240 e. The first-order valence-corrected chi connectivity index (χ1v) is 8.37. The van der Waals surface area contributed by atoms with Crippen LogP contribution in [0.2, 0.25) is 0 Å². The lowest BCUT2D eigenvalue weighted by Crippen LogP contribution is -2.25. The summed E-state index contributed by atoms with van der Waals surface area (Å²) in [5.74, 6) is 0. The summed E-state index contributed by atoms with van der Waals surface area (Å²) in [6.45, 7) is 2.13. The van der Waals surface area contributed by atoms with Gasteiger partial charge in [0.25, 0.3) is 0 Å². The summed E-state index contributed by atoms with van der Waals surface area (Å²) in [5.41, 5.74) is 3.57. The fourth-order valence-electron chi connectivity index (χ4n) is 3.07. The number of thiazole rings is 1. The highest BCUT2D eigenvalue weighted by molar-refractivity contribution is 7.18. The van der Waals surface area contributed by atoms with Gasteiger partial charge in [-0.1, -0.05) is 60.7 Å². The molecule has 4 rings (SSSR count). The van der Waals surface area contributed by atoms with Crippen LogP contribution in [0.5, 0.6) is 0 Å². The van der Waals surface area contributed by atoms with E-state index in [2.05, 4.69) is 79.8 Å². The minimum Gasteiger partial charge on any atom is -0.240 e. The first kappa shape index (κ1) is 13.5. The average molecular weight is 303 g/mol. The van der Waals surface area contributed by atoms with Crippen LogP contribution in [0, 0.1) is 6.92 Å². The van der Waals surface area contributed by atoms with Gasteiger partial charge >= 0.3 is 0 Å². The highest BCUT2D eigenvalue weighted by Crippen LogP contribution is 2.42. The maximum absolute atomic E-state index is 4.96. The van der Waals surface area contributed by atoms with E-state index in [1.54, 1.807) is 0 Å². The molecule has 1 heterocycles. The van der Waals surface area contributed by atoms with Crippen LogP contribution in [0.1, 0.15) is 22.6 Å². The van der Waals surface area contributed by atoms with Crippen LogP contribution >= 0.6 is 11.3 Å². The van der Waals surface area contributed by atoms with Crippen molar-refractivity contribution in [2.75, 3.05) is 0 Å². The van der Waals surface area contributed by atoms with Crippen LogP contribution in [-0.4, -0.2) is 4.98 Å². The molecule has 1 unspecified atom stereocenters. The maximum Gasteiger partial charge on any atom is 0.109 e. The fourth-order valence-corrected chi connectivity index (χ4v) is 4.34. The minimum absolute atomic E-state index is 0.131. The van der Waals surface area contributed by atoms with E-state index in [1.807, 2.05) is 11.3 Å². The normalized spacial score (nSPS) is 20.6. The molecule has 0 amide bonds. The fraction of sp³-hybridized carbons (Fsp3) is 0.150. The molecule has 0 saturated carbocycles. The van der Waals surface area contributed by atoms with Gasteiger partial charge in [0.2, 0.25) is 0 Å². The van der Waals surface area contributed by atoms with E-state index < -0.39 is 0 Å². The van der Waals surface area contributed by atoms with E-state index in [0.29, 0.717) is 0 Å². The van der Waals surface area contributed by atoms with Crippen molar-refractivity contribution in [3.63, 3.8) is 0 Å². The molecule has 0 bridgehead atoms. The maximum atomic E-state index is 4.96. The van der Waals surface area contributed by atoms with Crippen LogP contribution in [0.15, 0.2) is 72.8 Å². The lowest BCUT2D eigenvalue weighted by atomic mass is 9.76. The molecule has 1 nitrogen and oxygen atoms in total. The lowest BCUT2D eigenvalue weighted by Gasteiger charge is -2.29. The topological polar surface area (TPSA) is 12.9 Å².